The lowest BCUT2D eigenvalue weighted by atomic mass is 10.2. The van der Waals surface area contributed by atoms with E-state index in [-0.39, 0.29) is 11.7 Å². The number of fused-ring (bicyclic) bond motifs is 1. The molecule has 0 aliphatic rings. The van der Waals surface area contributed by atoms with E-state index >= 15 is 0 Å². The Morgan fingerprint density at radius 1 is 1.06 bits per heavy atom. The number of ether oxygens (including phenoxy) is 3. The molecule has 1 amide bonds. The van der Waals surface area contributed by atoms with E-state index in [1.54, 1.807) is 12.1 Å². The Hall–Kier alpha value is -3.69. The van der Waals surface area contributed by atoms with E-state index in [9.17, 15) is 4.79 Å². The van der Waals surface area contributed by atoms with E-state index < -0.39 is 0 Å². The van der Waals surface area contributed by atoms with Gasteiger partial charge in [0.25, 0.3) is 5.91 Å². The largest absolute Gasteiger partial charge is 0.493 e. The Morgan fingerprint density at radius 3 is 2.42 bits per heavy atom. The lowest BCUT2D eigenvalue weighted by molar-refractivity contribution is -0.118. The predicted octanol–water partition coefficient (Wildman–Crippen LogP) is 5.01. The number of hydrogen-bond donors (Lipinski definition) is 1. The highest BCUT2D eigenvalue weighted by atomic mass is 35.5. The van der Waals surface area contributed by atoms with Gasteiger partial charge in [-0.15, -0.1) is 0 Å². The minimum absolute atomic E-state index is 0.149. The first-order valence-electron chi connectivity index (χ1n) is 11.0. The van der Waals surface area contributed by atoms with Crippen molar-refractivity contribution in [3.63, 3.8) is 0 Å². The van der Waals surface area contributed by atoms with Crippen LogP contribution in [0.1, 0.15) is 11.1 Å². The average Bonchev–Trinajstić information content (AvgIpc) is 3.25. The van der Waals surface area contributed by atoms with Crippen molar-refractivity contribution < 1.29 is 19.0 Å². The third-order valence-electron chi connectivity index (χ3n) is 5.30. The Kier molecular flexibility index (Phi) is 8.35. The first kappa shape index (κ1) is 25.4. The van der Waals surface area contributed by atoms with Gasteiger partial charge in [0.05, 0.1) is 50.9 Å². The molecule has 10 heteroatoms. The number of nitrogens with one attached hydrogen (secondary N) is 1. The number of para-hydroxylation sites is 2. The summed E-state index contributed by atoms with van der Waals surface area (Å²) in [5, 5.41) is 5.50. The maximum atomic E-state index is 12.5. The van der Waals surface area contributed by atoms with Crippen molar-refractivity contribution in [1.29, 1.82) is 0 Å². The van der Waals surface area contributed by atoms with Crippen LogP contribution in [0.3, 0.4) is 0 Å². The van der Waals surface area contributed by atoms with Gasteiger partial charge in [-0.1, -0.05) is 47.6 Å². The summed E-state index contributed by atoms with van der Waals surface area (Å²) in [5.41, 5.74) is 6.19. The number of amides is 1. The van der Waals surface area contributed by atoms with Crippen LogP contribution < -0.4 is 19.6 Å². The molecule has 0 saturated heterocycles. The molecule has 0 fully saturated rings. The number of aromatic nitrogens is 2. The molecule has 1 aromatic heterocycles. The fourth-order valence-corrected chi connectivity index (χ4v) is 4.54. The van der Waals surface area contributed by atoms with Crippen LogP contribution >= 0.6 is 23.4 Å². The van der Waals surface area contributed by atoms with Crippen molar-refractivity contribution in [2.75, 3.05) is 27.1 Å². The van der Waals surface area contributed by atoms with Gasteiger partial charge in [-0.2, -0.15) is 5.10 Å². The molecule has 0 aliphatic heterocycles. The number of methoxy groups -OCH3 is 3. The van der Waals surface area contributed by atoms with Crippen LogP contribution in [0.25, 0.3) is 11.0 Å². The first-order valence-corrected chi connectivity index (χ1v) is 12.3. The van der Waals surface area contributed by atoms with Crippen molar-refractivity contribution in [3.05, 3.63) is 76.8 Å². The monoisotopic (exact) mass is 524 g/mol. The Bertz CT molecular complexity index is 1360. The highest BCUT2D eigenvalue weighted by molar-refractivity contribution is 7.99. The van der Waals surface area contributed by atoms with Crippen LogP contribution in [0.15, 0.2) is 70.9 Å². The van der Waals surface area contributed by atoms with Gasteiger partial charge in [0.15, 0.2) is 16.7 Å². The minimum Gasteiger partial charge on any atom is -0.493 e. The molecule has 0 saturated carbocycles. The second-order valence-electron chi connectivity index (χ2n) is 7.64. The standard InChI is InChI=1S/C26H25ClN4O4S/c1-33-22-12-18(13-23(34-2)25(22)35-3)14-28-30-24(32)16-36-26-29-20-6-4-5-7-21(20)31(26)15-17-8-10-19(27)11-9-17/h4-14H,15-16H2,1-3H3,(H,30,32)/b28-14+. The predicted molar refractivity (Wildman–Crippen MR) is 143 cm³/mol. The number of thioether (sulfide) groups is 1. The summed E-state index contributed by atoms with van der Waals surface area (Å²) in [6, 6.07) is 19.1. The van der Waals surface area contributed by atoms with Crippen LogP contribution in [-0.4, -0.2) is 48.8 Å². The molecular weight excluding hydrogens is 500 g/mol. The zero-order valence-corrected chi connectivity index (χ0v) is 21.6. The minimum atomic E-state index is -0.256. The fraction of sp³-hybridized carbons (Fsp3) is 0.192. The first-order chi connectivity index (χ1) is 17.5. The maximum Gasteiger partial charge on any atom is 0.250 e. The zero-order chi connectivity index (χ0) is 25.5. The molecule has 186 valence electrons. The molecule has 0 spiro atoms. The number of carbonyl (C=O) groups is 1. The maximum absolute atomic E-state index is 12.5. The molecular formula is C26H25ClN4O4S. The summed E-state index contributed by atoms with van der Waals surface area (Å²) in [4.78, 5) is 17.2. The molecule has 4 rings (SSSR count). The van der Waals surface area contributed by atoms with E-state index in [4.69, 9.17) is 30.8 Å². The van der Waals surface area contributed by atoms with E-state index in [2.05, 4.69) is 15.1 Å². The summed E-state index contributed by atoms with van der Waals surface area (Å²) in [6.07, 6.45) is 1.52. The normalized spacial score (nSPS) is 11.1. The summed E-state index contributed by atoms with van der Waals surface area (Å²) in [6.45, 7) is 0.612. The summed E-state index contributed by atoms with van der Waals surface area (Å²) < 4.78 is 18.1. The van der Waals surface area contributed by atoms with Crippen LogP contribution in [0.2, 0.25) is 5.02 Å². The van der Waals surface area contributed by atoms with Crippen molar-refractivity contribution in [1.82, 2.24) is 15.0 Å². The number of hydrogen-bond acceptors (Lipinski definition) is 7. The van der Waals surface area contributed by atoms with E-state index in [1.807, 2.05) is 48.5 Å². The van der Waals surface area contributed by atoms with Gasteiger partial charge in [-0.3, -0.25) is 4.79 Å². The van der Waals surface area contributed by atoms with Crippen molar-refractivity contribution in [2.45, 2.75) is 11.7 Å². The van der Waals surface area contributed by atoms with Crippen LogP contribution in [0.5, 0.6) is 17.2 Å². The third-order valence-corrected chi connectivity index (χ3v) is 6.52. The number of imidazole rings is 1. The fourth-order valence-electron chi connectivity index (χ4n) is 3.61. The Morgan fingerprint density at radius 2 is 1.75 bits per heavy atom. The molecule has 0 aliphatic carbocycles. The Labute approximate surface area is 218 Å². The van der Waals surface area contributed by atoms with E-state index in [0.717, 1.165) is 21.8 Å². The summed E-state index contributed by atoms with van der Waals surface area (Å²) in [5.74, 6) is 1.38. The van der Waals surface area contributed by atoms with Crippen LogP contribution in [0, 0.1) is 0 Å². The lowest BCUT2D eigenvalue weighted by Crippen LogP contribution is -2.20. The quantitative estimate of drug-likeness (QED) is 0.178. The molecule has 4 aromatic rings. The van der Waals surface area contributed by atoms with E-state index in [1.165, 1.54) is 39.3 Å². The number of rotatable bonds is 10. The highest BCUT2D eigenvalue weighted by Gasteiger charge is 2.14. The molecule has 36 heavy (non-hydrogen) atoms. The second-order valence-corrected chi connectivity index (χ2v) is 9.02. The molecule has 1 N–H and O–H groups in total. The topological polar surface area (TPSA) is 87.0 Å². The van der Waals surface area contributed by atoms with Gasteiger partial charge < -0.3 is 18.8 Å². The second kappa shape index (κ2) is 11.8. The Balaban J connectivity index is 1.44. The number of carbonyl (C=O) groups excluding carboxylic acids is 1. The molecule has 0 atom stereocenters. The van der Waals surface area contributed by atoms with Crippen molar-refractivity contribution in [2.24, 2.45) is 5.10 Å². The molecule has 0 unspecified atom stereocenters. The van der Waals surface area contributed by atoms with Crippen molar-refractivity contribution >= 4 is 46.5 Å². The van der Waals surface area contributed by atoms with E-state index in [0.29, 0.717) is 34.4 Å². The van der Waals surface area contributed by atoms with Gasteiger partial charge in [0, 0.05) is 10.6 Å². The average molecular weight is 525 g/mol. The number of nitrogens with zero attached hydrogens (tertiary/aromatic N) is 3. The number of hydrazone groups is 1. The third kappa shape index (κ3) is 5.92. The van der Waals surface area contributed by atoms with Gasteiger partial charge in [0.2, 0.25) is 5.75 Å². The summed E-state index contributed by atoms with van der Waals surface area (Å²) >= 11 is 7.38. The molecule has 3 aromatic carbocycles. The molecule has 0 radical (unpaired) electrons. The molecule has 0 bridgehead atoms. The SMILES string of the molecule is COc1cc(/C=N/NC(=O)CSc2nc3ccccc3n2Cc2ccc(Cl)cc2)cc(OC)c1OC. The number of benzene rings is 3. The summed E-state index contributed by atoms with van der Waals surface area (Å²) in [7, 11) is 4.62. The van der Waals surface area contributed by atoms with Crippen molar-refractivity contribution in [3.8, 4) is 17.2 Å². The van der Waals surface area contributed by atoms with Gasteiger partial charge in [-0.25, -0.2) is 10.4 Å². The van der Waals surface area contributed by atoms with Gasteiger partial charge in [-0.05, 0) is 42.0 Å². The highest BCUT2D eigenvalue weighted by Crippen LogP contribution is 2.37. The molecule has 1 heterocycles. The lowest BCUT2D eigenvalue weighted by Gasteiger charge is -2.12. The molecule has 8 nitrogen and oxygen atoms in total. The van der Waals surface area contributed by atoms with Gasteiger partial charge >= 0.3 is 0 Å². The smallest absolute Gasteiger partial charge is 0.250 e. The van der Waals surface area contributed by atoms with Crippen LogP contribution in [-0.2, 0) is 11.3 Å². The number of halogens is 1. The van der Waals surface area contributed by atoms with Gasteiger partial charge in [0.1, 0.15) is 0 Å². The zero-order valence-electron chi connectivity index (χ0n) is 20.0. The van der Waals surface area contributed by atoms with Crippen LogP contribution in [0.4, 0.5) is 0 Å².